The lowest BCUT2D eigenvalue weighted by atomic mass is 10.4. The van der Waals surface area contributed by atoms with Gasteiger partial charge in [0.25, 0.3) is 0 Å². The van der Waals surface area contributed by atoms with E-state index in [1.165, 1.54) is 19.2 Å². The van der Waals surface area contributed by atoms with E-state index in [0.717, 1.165) is 4.90 Å². The number of hydrogen-bond donors (Lipinski definition) is 0. The number of anilines is 1. The van der Waals surface area contributed by atoms with Crippen molar-refractivity contribution in [1.29, 1.82) is 0 Å². The minimum absolute atomic E-state index is 0.131. The highest BCUT2D eigenvalue weighted by Crippen LogP contribution is 2.19. The Kier molecular flexibility index (Phi) is 3.15. The van der Waals surface area contributed by atoms with Crippen molar-refractivity contribution in [2.45, 2.75) is 6.18 Å². The maximum atomic E-state index is 12.0. The first-order valence-corrected chi connectivity index (χ1v) is 4.03. The molecular formula is C7H7ClF3N3. The van der Waals surface area contributed by atoms with E-state index in [1.54, 1.807) is 0 Å². The highest BCUT2D eigenvalue weighted by atomic mass is 35.5. The van der Waals surface area contributed by atoms with Gasteiger partial charge in [0.2, 0.25) is 0 Å². The molecule has 14 heavy (non-hydrogen) atoms. The number of alkyl halides is 3. The molecule has 7 heteroatoms. The molecule has 0 radical (unpaired) electrons. The summed E-state index contributed by atoms with van der Waals surface area (Å²) in [7, 11) is 1.28. The van der Waals surface area contributed by atoms with Gasteiger partial charge in [-0.1, -0.05) is 11.6 Å². The summed E-state index contributed by atoms with van der Waals surface area (Å²) in [6, 6.07) is 2.76. The Morgan fingerprint density at radius 3 is 2.43 bits per heavy atom. The molecule has 0 aromatic carbocycles. The van der Waals surface area contributed by atoms with E-state index in [-0.39, 0.29) is 11.0 Å². The first-order chi connectivity index (χ1) is 6.38. The van der Waals surface area contributed by atoms with Gasteiger partial charge in [-0.05, 0) is 12.1 Å². The molecule has 1 rings (SSSR count). The third kappa shape index (κ3) is 3.37. The van der Waals surface area contributed by atoms with Crippen molar-refractivity contribution in [2.75, 3.05) is 18.5 Å². The van der Waals surface area contributed by atoms with Crippen molar-refractivity contribution < 1.29 is 13.2 Å². The van der Waals surface area contributed by atoms with Gasteiger partial charge in [0, 0.05) is 7.05 Å². The third-order valence-electron chi connectivity index (χ3n) is 1.43. The molecule has 1 heterocycles. The summed E-state index contributed by atoms with van der Waals surface area (Å²) in [4.78, 5) is 0.948. The van der Waals surface area contributed by atoms with Gasteiger partial charge in [0.05, 0.1) is 0 Å². The Hall–Kier alpha value is -1.04. The van der Waals surface area contributed by atoms with Crippen LogP contribution in [-0.4, -0.2) is 30.0 Å². The Bertz CT molecular complexity index is 298. The van der Waals surface area contributed by atoms with E-state index in [4.69, 9.17) is 11.6 Å². The fourth-order valence-electron chi connectivity index (χ4n) is 0.862. The van der Waals surface area contributed by atoms with Crippen LogP contribution >= 0.6 is 11.6 Å². The smallest absolute Gasteiger partial charge is 0.349 e. The van der Waals surface area contributed by atoms with Gasteiger partial charge in [-0.25, -0.2) is 0 Å². The van der Waals surface area contributed by atoms with Crippen LogP contribution in [0, 0.1) is 0 Å². The number of aromatic nitrogens is 2. The van der Waals surface area contributed by atoms with Crippen LogP contribution in [0.5, 0.6) is 0 Å². The van der Waals surface area contributed by atoms with Gasteiger partial charge < -0.3 is 4.90 Å². The minimum atomic E-state index is -4.25. The number of nitrogens with zero attached hydrogens (tertiary/aromatic N) is 3. The molecule has 0 aliphatic carbocycles. The Labute approximate surface area is 83.5 Å². The molecule has 0 unspecified atom stereocenters. The number of halogens is 4. The SMILES string of the molecule is CN(CC(F)(F)F)c1ccc(Cl)nn1. The molecule has 0 N–H and O–H groups in total. The molecule has 3 nitrogen and oxygen atoms in total. The fraction of sp³-hybridized carbons (Fsp3) is 0.429. The molecule has 0 saturated carbocycles. The molecule has 0 aliphatic rings. The molecule has 0 atom stereocenters. The summed E-state index contributed by atoms with van der Waals surface area (Å²) < 4.78 is 35.9. The molecule has 0 bridgehead atoms. The lowest BCUT2D eigenvalue weighted by Crippen LogP contribution is -2.31. The number of rotatable bonds is 2. The van der Waals surface area contributed by atoms with Gasteiger partial charge in [-0.3, -0.25) is 0 Å². The highest BCUT2D eigenvalue weighted by molar-refractivity contribution is 6.29. The molecule has 1 aromatic rings. The van der Waals surface area contributed by atoms with Crippen LogP contribution in [0.3, 0.4) is 0 Å². The van der Waals surface area contributed by atoms with E-state index in [9.17, 15) is 13.2 Å². The van der Waals surface area contributed by atoms with Gasteiger partial charge in [-0.15, -0.1) is 10.2 Å². The summed E-state index contributed by atoms with van der Waals surface area (Å²) in [5.74, 6) is 0.131. The van der Waals surface area contributed by atoms with Crippen molar-refractivity contribution in [3.63, 3.8) is 0 Å². The third-order valence-corrected chi connectivity index (χ3v) is 1.63. The topological polar surface area (TPSA) is 29.0 Å². The Morgan fingerprint density at radius 1 is 1.36 bits per heavy atom. The maximum absolute atomic E-state index is 12.0. The van der Waals surface area contributed by atoms with E-state index >= 15 is 0 Å². The second-order valence-corrected chi connectivity index (χ2v) is 3.07. The lowest BCUT2D eigenvalue weighted by molar-refractivity contribution is -0.119. The lowest BCUT2D eigenvalue weighted by Gasteiger charge is -2.18. The van der Waals surface area contributed by atoms with Crippen LogP contribution in [0.1, 0.15) is 0 Å². The molecule has 0 spiro atoms. The van der Waals surface area contributed by atoms with Crippen LogP contribution in [-0.2, 0) is 0 Å². The van der Waals surface area contributed by atoms with Crippen LogP contribution < -0.4 is 4.90 Å². The molecule has 0 fully saturated rings. The van der Waals surface area contributed by atoms with Crippen molar-refractivity contribution in [1.82, 2.24) is 10.2 Å². The predicted octanol–water partition coefficient (Wildman–Crippen LogP) is 2.13. The summed E-state index contributed by atoms with van der Waals surface area (Å²) >= 11 is 5.44. The van der Waals surface area contributed by atoms with Crippen molar-refractivity contribution in [3.05, 3.63) is 17.3 Å². The first-order valence-electron chi connectivity index (χ1n) is 3.65. The summed E-state index contributed by atoms with van der Waals surface area (Å²) in [6.07, 6.45) is -4.25. The van der Waals surface area contributed by atoms with Gasteiger partial charge in [0.15, 0.2) is 11.0 Å². The highest BCUT2D eigenvalue weighted by Gasteiger charge is 2.29. The summed E-state index contributed by atoms with van der Waals surface area (Å²) in [5.41, 5.74) is 0. The zero-order valence-electron chi connectivity index (χ0n) is 7.22. The first kappa shape index (κ1) is 11.0. The Morgan fingerprint density at radius 2 is 2.00 bits per heavy atom. The summed E-state index contributed by atoms with van der Waals surface area (Å²) in [5, 5.41) is 7.09. The zero-order valence-corrected chi connectivity index (χ0v) is 7.97. The molecule has 0 aliphatic heterocycles. The van der Waals surface area contributed by atoms with Crippen LogP contribution in [0.25, 0.3) is 0 Å². The normalized spacial score (nSPS) is 11.5. The molecule has 0 amide bonds. The monoisotopic (exact) mass is 225 g/mol. The number of hydrogen-bond acceptors (Lipinski definition) is 3. The average molecular weight is 226 g/mol. The van der Waals surface area contributed by atoms with Gasteiger partial charge >= 0.3 is 6.18 Å². The predicted molar refractivity (Wildman–Crippen MR) is 46.4 cm³/mol. The average Bonchev–Trinajstić information content (AvgIpc) is 2.02. The van der Waals surface area contributed by atoms with Gasteiger partial charge in [-0.2, -0.15) is 13.2 Å². The second kappa shape index (κ2) is 4.00. The van der Waals surface area contributed by atoms with Crippen LogP contribution in [0.4, 0.5) is 19.0 Å². The maximum Gasteiger partial charge on any atom is 0.405 e. The van der Waals surface area contributed by atoms with E-state index in [2.05, 4.69) is 10.2 Å². The Balaban J connectivity index is 2.70. The van der Waals surface area contributed by atoms with Crippen molar-refractivity contribution in [3.8, 4) is 0 Å². The molecule has 78 valence electrons. The quantitative estimate of drug-likeness (QED) is 0.772. The largest absolute Gasteiger partial charge is 0.405 e. The van der Waals surface area contributed by atoms with Gasteiger partial charge in [0.1, 0.15) is 6.54 Å². The molecular weight excluding hydrogens is 219 g/mol. The van der Waals surface area contributed by atoms with E-state index in [0.29, 0.717) is 0 Å². The van der Waals surface area contributed by atoms with Crippen molar-refractivity contribution >= 4 is 17.4 Å². The van der Waals surface area contributed by atoms with E-state index < -0.39 is 12.7 Å². The van der Waals surface area contributed by atoms with Crippen LogP contribution in [0.15, 0.2) is 12.1 Å². The molecule has 0 saturated heterocycles. The second-order valence-electron chi connectivity index (χ2n) is 2.69. The van der Waals surface area contributed by atoms with E-state index in [1.807, 2.05) is 0 Å². The molecule has 1 aromatic heterocycles. The summed E-state index contributed by atoms with van der Waals surface area (Å²) in [6.45, 7) is -1.07. The van der Waals surface area contributed by atoms with Crippen LogP contribution in [0.2, 0.25) is 5.15 Å². The standard InChI is InChI=1S/C7H7ClF3N3/c1-14(4-7(9,10)11)6-3-2-5(8)12-13-6/h2-3H,4H2,1H3. The van der Waals surface area contributed by atoms with Crippen molar-refractivity contribution in [2.24, 2.45) is 0 Å². The zero-order chi connectivity index (χ0) is 10.8. The minimum Gasteiger partial charge on any atom is -0.349 e. The fourth-order valence-corrected chi connectivity index (χ4v) is 0.963.